The summed E-state index contributed by atoms with van der Waals surface area (Å²) in [6.07, 6.45) is 1.05. The van der Waals surface area contributed by atoms with Crippen molar-refractivity contribution in [3.05, 3.63) is 52.5 Å². The fraction of sp³-hybridized carbons (Fsp3) is 0.250. The van der Waals surface area contributed by atoms with Crippen molar-refractivity contribution in [2.75, 3.05) is 6.54 Å². The van der Waals surface area contributed by atoms with E-state index in [0.29, 0.717) is 40.8 Å². The average molecular weight is 417 g/mol. The Morgan fingerprint density at radius 3 is 2.82 bits per heavy atom. The summed E-state index contributed by atoms with van der Waals surface area (Å²) < 4.78 is 1.84. The topological polar surface area (TPSA) is 76.0 Å². The Hall–Kier alpha value is -2.57. The van der Waals surface area contributed by atoms with Crippen molar-refractivity contribution in [1.29, 1.82) is 0 Å². The first-order valence-corrected chi connectivity index (χ1v) is 9.74. The molecular weight excluding hydrogens is 399 g/mol. The molecule has 1 aliphatic heterocycles. The van der Waals surface area contributed by atoms with Crippen LogP contribution in [-0.2, 0) is 16.1 Å². The molecule has 2 heterocycles. The molecule has 0 saturated carbocycles. The second-order valence-electron chi connectivity index (χ2n) is 6.72. The molecule has 1 unspecified atom stereocenters. The number of carbonyl (C=O) groups is 2. The number of carbonyl (C=O) groups excluding carboxylic acids is 2. The van der Waals surface area contributed by atoms with Crippen LogP contribution in [-0.4, -0.2) is 34.0 Å². The number of halogens is 2. The van der Waals surface area contributed by atoms with E-state index in [1.807, 2.05) is 34.9 Å². The van der Waals surface area contributed by atoms with Crippen LogP contribution in [0.15, 0.2) is 42.5 Å². The maximum atomic E-state index is 12.7. The number of nitrogens with zero attached hydrogens (tertiary/aromatic N) is 2. The number of hydrogen-bond donors (Lipinski definition) is 2. The minimum absolute atomic E-state index is 0.0176. The molecule has 6 nitrogen and oxygen atoms in total. The van der Waals surface area contributed by atoms with Crippen LogP contribution in [0.1, 0.15) is 12.8 Å². The molecule has 0 radical (unpaired) electrons. The van der Waals surface area contributed by atoms with Gasteiger partial charge in [0.1, 0.15) is 12.4 Å². The van der Waals surface area contributed by atoms with Gasteiger partial charge in [-0.2, -0.15) is 0 Å². The van der Waals surface area contributed by atoms with Gasteiger partial charge in [0, 0.05) is 24.6 Å². The maximum Gasteiger partial charge on any atom is 0.240 e. The summed E-state index contributed by atoms with van der Waals surface area (Å²) in [4.78, 5) is 28.7. The second kappa shape index (κ2) is 7.81. The van der Waals surface area contributed by atoms with Crippen LogP contribution >= 0.6 is 23.2 Å². The van der Waals surface area contributed by atoms with E-state index in [0.717, 1.165) is 11.0 Å². The van der Waals surface area contributed by atoms with Crippen molar-refractivity contribution < 1.29 is 9.59 Å². The van der Waals surface area contributed by atoms with Crippen LogP contribution in [0.5, 0.6) is 0 Å². The summed E-state index contributed by atoms with van der Waals surface area (Å²) in [7, 11) is 0. The molecular formula is C20H18Cl2N4O2. The van der Waals surface area contributed by atoms with Gasteiger partial charge in [-0.1, -0.05) is 41.4 Å². The van der Waals surface area contributed by atoms with Gasteiger partial charge in [-0.15, -0.1) is 0 Å². The van der Waals surface area contributed by atoms with Gasteiger partial charge in [0.2, 0.25) is 11.8 Å². The zero-order valence-electron chi connectivity index (χ0n) is 14.9. The standard InChI is InChI=1S/C20H18Cl2N4O2/c21-14-5-3-4-13(19(14)22)20-25-15-6-1-2-7-16(15)26(20)11-18(28)24-12-8-9-17(27)23-10-12/h1-7,12H,8-11H2,(H,23,27)(H,24,28). The van der Waals surface area contributed by atoms with E-state index in [1.165, 1.54) is 0 Å². The Morgan fingerprint density at radius 2 is 2.04 bits per heavy atom. The van der Waals surface area contributed by atoms with E-state index in [9.17, 15) is 9.59 Å². The van der Waals surface area contributed by atoms with Gasteiger partial charge in [0.25, 0.3) is 0 Å². The van der Waals surface area contributed by atoms with Crippen LogP contribution in [0.4, 0.5) is 0 Å². The van der Waals surface area contributed by atoms with Gasteiger partial charge in [-0.05, 0) is 30.7 Å². The number of para-hydroxylation sites is 2. The number of amides is 2. The number of aromatic nitrogens is 2. The third kappa shape index (κ3) is 3.70. The number of nitrogens with one attached hydrogen (secondary N) is 2. The lowest BCUT2D eigenvalue weighted by atomic mass is 10.1. The van der Waals surface area contributed by atoms with Gasteiger partial charge >= 0.3 is 0 Å². The molecule has 0 bridgehead atoms. The van der Waals surface area contributed by atoms with Crippen LogP contribution in [0.2, 0.25) is 10.0 Å². The van der Waals surface area contributed by atoms with E-state index in [-0.39, 0.29) is 24.4 Å². The third-order valence-electron chi connectivity index (χ3n) is 4.78. The predicted molar refractivity (Wildman–Crippen MR) is 109 cm³/mol. The van der Waals surface area contributed by atoms with Crippen LogP contribution in [0, 0.1) is 0 Å². The molecule has 3 aromatic rings. The zero-order chi connectivity index (χ0) is 19.7. The minimum Gasteiger partial charge on any atom is -0.354 e. The lowest BCUT2D eigenvalue weighted by Crippen LogP contribution is -2.48. The lowest BCUT2D eigenvalue weighted by molar-refractivity contribution is -0.125. The largest absolute Gasteiger partial charge is 0.354 e. The fourth-order valence-electron chi connectivity index (χ4n) is 3.39. The molecule has 2 amide bonds. The zero-order valence-corrected chi connectivity index (χ0v) is 16.4. The smallest absolute Gasteiger partial charge is 0.240 e. The summed E-state index contributed by atoms with van der Waals surface area (Å²) in [5.41, 5.74) is 2.27. The molecule has 1 atom stereocenters. The van der Waals surface area contributed by atoms with E-state index >= 15 is 0 Å². The van der Waals surface area contributed by atoms with Crippen molar-refractivity contribution in [3.63, 3.8) is 0 Å². The SMILES string of the molecule is O=C1CCC(NC(=O)Cn2c(-c3cccc(Cl)c3Cl)nc3ccccc32)CN1. The molecule has 28 heavy (non-hydrogen) atoms. The van der Waals surface area contributed by atoms with E-state index in [4.69, 9.17) is 23.2 Å². The number of fused-ring (bicyclic) bond motifs is 1. The van der Waals surface area contributed by atoms with Crippen molar-refractivity contribution in [2.24, 2.45) is 0 Å². The fourth-order valence-corrected chi connectivity index (χ4v) is 3.78. The van der Waals surface area contributed by atoms with Gasteiger partial charge in [0.05, 0.1) is 21.1 Å². The molecule has 0 spiro atoms. The number of rotatable bonds is 4. The summed E-state index contributed by atoms with van der Waals surface area (Å²) in [5.74, 6) is 0.452. The van der Waals surface area contributed by atoms with Crippen LogP contribution in [0.3, 0.4) is 0 Å². The molecule has 2 aromatic carbocycles. The van der Waals surface area contributed by atoms with E-state index < -0.39 is 0 Å². The van der Waals surface area contributed by atoms with Gasteiger partial charge in [-0.25, -0.2) is 4.98 Å². The predicted octanol–water partition coefficient (Wildman–Crippen LogP) is 3.40. The number of piperidine rings is 1. The van der Waals surface area contributed by atoms with Gasteiger partial charge in [0.15, 0.2) is 0 Å². The Morgan fingerprint density at radius 1 is 1.21 bits per heavy atom. The number of imidazole rings is 1. The normalized spacial score (nSPS) is 16.8. The molecule has 1 saturated heterocycles. The summed E-state index contributed by atoms with van der Waals surface area (Å²) in [6, 6.07) is 12.9. The molecule has 2 N–H and O–H groups in total. The molecule has 4 rings (SSSR count). The maximum absolute atomic E-state index is 12.7. The molecule has 8 heteroatoms. The average Bonchev–Trinajstić information content (AvgIpc) is 3.04. The van der Waals surface area contributed by atoms with Crippen molar-refractivity contribution >= 4 is 46.0 Å². The first kappa shape index (κ1) is 18.8. The Bertz CT molecular complexity index is 1050. The van der Waals surface area contributed by atoms with Crippen molar-refractivity contribution in [3.8, 4) is 11.4 Å². The highest BCUT2D eigenvalue weighted by Gasteiger charge is 2.22. The monoisotopic (exact) mass is 416 g/mol. The van der Waals surface area contributed by atoms with Gasteiger partial charge in [-0.3, -0.25) is 9.59 Å². The highest BCUT2D eigenvalue weighted by atomic mass is 35.5. The Kier molecular flexibility index (Phi) is 5.24. The molecule has 144 valence electrons. The molecule has 1 fully saturated rings. The van der Waals surface area contributed by atoms with Gasteiger partial charge < -0.3 is 15.2 Å². The minimum atomic E-state index is -0.149. The first-order chi connectivity index (χ1) is 13.5. The van der Waals surface area contributed by atoms with E-state index in [1.54, 1.807) is 12.1 Å². The van der Waals surface area contributed by atoms with E-state index in [2.05, 4.69) is 15.6 Å². The highest BCUT2D eigenvalue weighted by Crippen LogP contribution is 2.34. The summed E-state index contributed by atoms with van der Waals surface area (Å²) in [6.45, 7) is 0.533. The number of hydrogen-bond acceptors (Lipinski definition) is 3. The highest BCUT2D eigenvalue weighted by molar-refractivity contribution is 6.43. The van der Waals surface area contributed by atoms with Crippen LogP contribution < -0.4 is 10.6 Å². The van der Waals surface area contributed by atoms with Crippen molar-refractivity contribution in [1.82, 2.24) is 20.2 Å². The Labute approximate surface area is 171 Å². The third-order valence-corrected chi connectivity index (χ3v) is 5.60. The quantitative estimate of drug-likeness (QED) is 0.683. The molecule has 1 aromatic heterocycles. The van der Waals surface area contributed by atoms with Crippen molar-refractivity contribution in [2.45, 2.75) is 25.4 Å². The van der Waals surface area contributed by atoms with Crippen LogP contribution in [0.25, 0.3) is 22.4 Å². The Balaban J connectivity index is 1.66. The summed E-state index contributed by atoms with van der Waals surface area (Å²) in [5, 5.41) is 6.59. The first-order valence-electron chi connectivity index (χ1n) is 8.98. The summed E-state index contributed by atoms with van der Waals surface area (Å²) >= 11 is 12.6. The molecule has 1 aliphatic rings. The molecule has 0 aliphatic carbocycles. The second-order valence-corrected chi connectivity index (χ2v) is 7.50. The number of benzene rings is 2. The lowest BCUT2D eigenvalue weighted by Gasteiger charge is -2.23.